The zero-order chi connectivity index (χ0) is 13.2. The first-order valence-corrected chi connectivity index (χ1v) is 6.30. The fourth-order valence-electron chi connectivity index (χ4n) is 1.25. The van der Waals surface area contributed by atoms with E-state index in [9.17, 15) is 0 Å². The van der Waals surface area contributed by atoms with Gasteiger partial charge >= 0.3 is 0 Å². The van der Waals surface area contributed by atoms with E-state index in [4.69, 9.17) is 5.73 Å². The van der Waals surface area contributed by atoms with Crippen molar-refractivity contribution in [1.82, 2.24) is 5.43 Å². The molecule has 0 aliphatic heterocycles. The normalized spacial score (nSPS) is 9.83. The highest BCUT2D eigenvalue weighted by Gasteiger charge is 1.89. The van der Waals surface area contributed by atoms with Crippen LogP contribution in [-0.4, -0.2) is 11.3 Å². The molecule has 0 heterocycles. The van der Waals surface area contributed by atoms with Gasteiger partial charge in [0.05, 0.1) is 6.21 Å². The lowest BCUT2D eigenvalue weighted by atomic mass is 10.1. The summed E-state index contributed by atoms with van der Waals surface area (Å²) in [5.74, 6) is 6.28. The third-order valence-electron chi connectivity index (χ3n) is 2.19. The molecule has 1 rings (SSSR count). The molecule has 3 nitrogen and oxygen atoms in total. The van der Waals surface area contributed by atoms with Gasteiger partial charge in [-0.15, -0.1) is 0 Å². The summed E-state index contributed by atoms with van der Waals surface area (Å²) in [6.07, 6.45) is 4.95. The molecular formula is C14H17N3S. The van der Waals surface area contributed by atoms with Crippen molar-refractivity contribution in [3.05, 3.63) is 35.4 Å². The number of benzene rings is 1. The van der Waals surface area contributed by atoms with E-state index in [1.54, 1.807) is 6.21 Å². The molecule has 18 heavy (non-hydrogen) atoms. The maximum Gasteiger partial charge on any atom is 0.184 e. The van der Waals surface area contributed by atoms with Gasteiger partial charge in [-0.1, -0.05) is 37.3 Å². The van der Waals surface area contributed by atoms with Gasteiger partial charge in [0.15, 0.2) is 5.11 Å². The van der Waals surface area contributed by atoms with Crippen molar-refractivity contribution in [3.63, 3.8) is 0 Å². The maximum atomic E-state index is 5.25. The van der Waals surface area contributed by atoms with Gasteiger partial charge in [-0.3, -0.25) is 5.43 Å². The van der Waals surface area contributed by atoms with Gasteiger partial charge in [-0.25, -0.2) is 0 Å². The van der Waals surface area contributed by atoms with Gasteiger partial charge < -0.3 is 5.73 Å². The predicted molar refractivity (Wildman–Crippen MR) is 80.4 cm³/mol. The van der Waals surface area contributed by atoms with Gasteiger partial charge in [-0.2, -0.15) is 5.10 Å². The summed E-state index contributed by atoms with van der Waals surface area (Å²) in [5, 5.41) is 4.04. The van der Waals surface area contributed by atoms with E-state index in [2.05, 4.69) is 41.5 Å². The fourth-order valence-corrected chi connectivity index (χ4v) is 1.31. The zero-order valence-corrected chi connectivity index (χ0v) is 11.3. The van der Waals surface area contributed by atoms with Crippen LogP contribution in [0.2, 0.25) is 0 Å². The molecule has 0 aliphatic rings. The topological polar surface area (TPSA) is 50.4 Å². The second-order valence-electron chi connectivity index (χ2n) is 3.76. The van der Waals surface area contributed by atoms with Crippen molar-refractivity contribution < 1.29 is 0 Å². The zero-order valence-electron chi connectivity index (χ0n) is 10.4. The SMILES string of the molecule is CCCCC#Cc1ccc(C=NNC(N)=S)cc1. The van der Waals surface area contributed by atoms with E-state index in [0.717, 1.165) is 24.0 Å². The van der Waals surface area contributed by atoms with Crippen molar-refractivity contribution in [2.75, 3.05) is 0 Å². The Hall–Kier alpha value is -1.86. The number of nitrogens with two attached hydrogens (primary N) is 1. The van der Waals surface area contributed by atoms with Crippen LogP contribution in [0.25, 0.3) is 0 Å². The van der Waals surface area contributed by atoms with E-state index in [0.29, 0.717) is 0 Å². The van der Waals surface area contributed by atoms with E-state index >= 15 is 0 Å². The van der Waals surface area contributed by atoms with E-state index in [1.807, 2.05) is 24.3 Å². The minimum absolute atomic E-state index is 0.157. The van der Waals surface area contributed by atoms with Crippen molar-refractivity contribution in [2.24, 2.45) is 10.8 Å². The first-order valence-electron chi connectivity index (χ1n) is 5.90. The Bertz CT molecular complexity index is 466. The molecule has 3 N–H and O–H groups in total. The molecule has 0 unspecified atom stereocenters. The minimum atomic E-state index is 0.157. The predicted octanol–water partition coefficient (Wildman–Crippen LogP) is 2.40. The Kier molecular flexibility index (Phi) is 6.52. The number of unbranched alkanes of at least 4 members (excludes halogenated alkanes) is 2. The molecule has 0 saturated carbocycles. The van der Waals surface area contributed by atoms with Crippen LogP contribution in [0, 0.1) is 11.8 Å². The molecule has 0 radical (unpaired) electrons. The Morgan fingerprint density at radius 3 is 2.78 bits per heavy atom. The van der Waals surface area contributed by atoms with Crippen LogP contribution in [0.3, 0.4) is 0 Å². The number of hydrazone groups is 1. The molecular weight excluding hydrogens is 242 g/mol. The number of rotatable bonds is 4. The maximum absolute atomic E-state index is 5.25. The van der Waals surface area contributed by atoms with Gasteiger partial charge in [0, 0.05) is 12.0 Å². The molecule has 0 fully saturated rings. The van der Waals surface area contributed by atoms with Crippen LogP contribution < -0.4 is 11.2 Å². The lowest BCUT2D eigenvalue weighted by molar-refractivity contribution is 0.828. The summed E-state index contributed by atoms with van der Waals surface area (Å²) in [5.41, 5.74) is 9.75. The Morgan fingerprint density at radius 1 is 1.44 bits per heavy atom. The smallest absolute Gasteiger partial charge is 0.184 e. The fraction of sp³-hybridized carbons (Fsp3) is 0.286. The molecule has 0 spiro atoms. The van der Waals surface area contributed by atoms with Gasteiger partial charge in [0.25, 0.3) is 0 Å². The molecule has 1 aromatic rings. The standard InChI is InChI=1S/C14H17N3S/c1-2-3-4-5-6-12-7-9-13(10-8-12)11-16-17-14(15)18/h7-11H,2-4H2,1H3,(H3,15,17,18). The van der Waals surface area contributed by atoms with Crippen LogP contribution in [0.5, 0.6) is 0 Å². The highest BCUT2D eigenvalue weighted by atomic mass is 32.1. The molecule has 4 heteroatoms. The Morgan fingerprint density at radius 2 is 2.17 bits per heavy atom. The van der Waals surface area contributed by atoms with Crippen LogP contribution in [0.1, 0.15) is 37.3 Å². The van der Waals surface area contributed by atoms with Crippen LogP contribution >= 0.6 is 12.2 Å². The second kappa shape index (κ2) is 8.26. The first kappa shape index (κ1) is 14.2. The summed E-state index contributed by atoms with van der Waals surface area (Å²) in [6.45, 7) is 2.16. The Balaban J connectivity index is 2.53. The molecule has 94 valence electrons. The minimum Gasteiger partial charge on any atom is -0.375 e. The van der Waals surface area contributed by atoms with Crippen molar-refractivity contribution in [1.29, 1.82) is 0 Å². The van der Waals surface area contributed by atoms with E-state index in [-0.39, 0.29) is 5.11 Å². The molecule has 0 saturated heterocycles. The van der Waals surface area contributed by atoms with Gasteiger partial charge in [0.1, 0.15) is 0 Å². The van der Waals surface area contributed by atoms with E-state index < -0.39 is 0 Å². The average Bonchev–Trinajstić information content (AvgIpc) is 2.36. The van der Waals surface area contributed by atoms with Crippen LogP contribution in [0.15, 0.2) is 29.4 Å². The highest BCUT2D eigenvalue weighted by molar-refractivity contribution is 7.80. The molecule has 0 aromatic heterocycles. The monoisotopic (exact) mass is 259 g/mol. The lowest BCUT2D eigenvalue weighted by Crippen LogP contribution is -2.23. The number of nitrogens with one attached hydrogen (secondary N) is 1. The number of nitrogens with zero attached hydrogens (tertiary/aromatic N) is 1. The quantitative estimate of drug-likeness (QED) is 0.287. The summed E-state index contributed by atoms with van der Waals surface area (Å²) >= 11 is 4.64. The second-order valence-corrected chi connectivity index (χ2v) is 4.20. The van der Waals surface area contributed by atoms with Crippen LogP contribution in [-0.2, 0) is 0 Å². The van der Waals surface area contributed by atoms with Crippen LogP contribution in [0.4, 0.5) is 0 Å². The summed E-state index contributed by atoms with van der Waals surface area (Å²) < 4.78 is 0. The number of hydrogen-bond acceptors (Lipinski definition) is 2. The van der Waals surface area contributed by atoms with E-state index in [1.165, 1.54) is 6.42 Å². The first-order chi connectivity index (χ1) is 8.72. The molecule has 1 aromatic carbocycles. The van der Waals surface area contributed by atoms with Crippen molar-refractivity contribution in [2.45, 2.75) is 26.2 Å². The molecule has 0 atom stereocenters. The molecule has 0 amide bonds. The van der Waals surface area contributed by atoms with Gasteiger partial charge in [-0.05, 0) is 36.3 Å². The summed E-state index contributed by atoms with van der Waals surface area (Å²) in [4.78, 5) is 0. The average molecular weight is 259 g/mol. The molecule has 0 bridgehead atoms. The van der Waals surface area contributed by atoms with Crippen molar-refractivity contribution in [3.8, 4) is 11.8 Å². The Labute approximate surface area is 113 Å². The third kappa shape index (κ3) is 6.02. The molecule has 0 aliphatic carbocycles. The third-order valence-corrected chi connectivity index (χ3v) is 2.28. The lowest BCUT2D eigenvalue weighted by Gasteiger charge is -1.95. The summed E-state index contributed by atoms with van der Waals surface area (Å²) in [6, 6.07) is 7.85. The largest absolute Gasteiger partial charge is 0.375 e. The highest BCUT2D eigenvalue weighted by Crippen LogP contribution is 2.01. The van der Waals surface area contributed by atoms with Crippen molar-refractivity contribution >= 4 is 23.5 Å². The number of thiocarbonyl (C=S) groups is 1. The van der Waals surface area contributed by atoms with Gasteiger partial charge in [0.2, 0.25) is 0 Å². The number of hydrogen-bond donors (Lipinski definition) is 2. The summed E-state index contributed by atoms with van der Waals surface area (Å²) in [7, 11) is 0.